The molecule has 3 rings (SSSR count). The zero-order chi connectivity index (χ0) is 13.1. The second-order valence-corrected chi connectivity index (χ2v) is 7.01. The number of nitrogens with zero attached hydrogens (tertiary/aromatic N) is 3. The first kappa shape index (κ1) is 13.2. The number of likely N-dealkylation sites (tertiary alicyclic amines) is 1. The number of thiazole rings is 2. The van der Waals surface area contributed by atoms with Crippen LogP contribution in [0.1, 0.15) is 41.0 Å². The molecule has 0 aliphatic carbocycles. The number of aromatic nitrogens is 2. The topological polar surface area (TPSA) is 29.0 Å². The van der Waals surface area contributed by atoms with Crippen LogP contribution in [-0.4, -0.2) is 28.0 Å². The summed E-state index contributed by atoms with van der Waals surface area (Å²) in [6.07, 6.45) is 6.89. The maximum absolute atomic E-state index is 4.56. The van der Waals surface area contributed by atoms with Crippen LogP contribution >= 0.6 is 22.7 Å². The first-order valence-corrected chi connectivity index (χ1v) is 8.63. The van der Waals surface area contributed by atoms with Gasteiger partial charge in [0.05, 0.1) is 16.7 Å². The van der Waals surface area contributed by atoms with Gasteiger partial charge in [-0.15, -0.1) is 22.7 Å². The summed E-state index contributed by atoms with van der Waals surface area (Å²) in [6.45, 7) is 4.38. The fourth-order valence-electron chi connectivity index (χ4n) is 2.72. The molecule has 3 heterocycles. The van der Waals surface area contributed by atoms with Crippen LogP contribution in [0, 0.1) is 6.92 Å². The van der Waals surface area contributed by atoms with Crippen molar-refractivity contribution < 1.29 is 0 Å². The summed E-state index contributed by atoms with van der Waals surface area (Å²) in [7, 11) is 0. The number of piperidine rings is 1. The number of aryl methyl sites for hydroxylation is 1. The lowest BCUT2D eigenvalue weighted by Gasteiger charge is -2.34. The van der Waals surface area contributed by atoms with Gasteiger partial charge in [0.2, 0.25) is 0 Å². The van der Waals surface area contributed by atoms with Crippen LogP contribution in [-0.2, 0) is 6.42 Å². The van der Waals surface area contributed by atoms with Crippen molar-refractivity contribution in [3.8, 4) is 0 Å². The lowest BCUT2D eigenvalue weighted by atomic mass is 10.0. The summed E-state index contributed by atoms with van der Waals surface area (Å²) >= 11 is 3.54. The van der Waals surface area contributed by atoms with Gasteiger partial charge in [-0.3, -0.25) is 4.90 Å². The van der Waals surface area contributed by atoms with Crippen LogP contribution in [0.4, 0.5) is 0 Å². The molecule has 19 heavy (non-hydrogen) atoms. The smallest absolute Gasteiger partial charge is 0.110 e. The minimum Gasteiger partial charge on any atom is -0.294 e. The van der Waals surface area contributed by atoms with E-state index in [0.717, 1.165) is 13.0 Å². The molecule has 3 nitrogen and oxygen atoms in total. The van der Waals surface area contributed by atoms with Crippen LogP contribution in [0.3, 0.4) is 0 Å². The molecule has 0 radical (unpaired) electrons. The normalized spacial score (nSPS) is 20.8. The molecule has 1 aliphatic heterocycles. The average molecular weight is 293 g/mol. The monoisotopic (exact) mass is 293 g/mol. The first-order chi connectivity index (χ1) is 9.33. The third kappa shape index (κ3) is 3.22. The summed E-state index contributed by atoms with van der Waals surface area (Å²) in [5.74, 6) is 0. The zero-order valence-electron chi connectivity index (χ0n) is 11.2. The summed E-state index contributed by atoms with van der Waals surface area (Å²) in [4.78, 5) is 11.7. The van der Waals surface area contributed by atoms with E-state index in [-0.39, 0.29) is 0 Å². The molecule has 1 aliphatic rings. The quantitative estimate of drug-likeness (QED) is 0.861. The second-order valence-electron chi connectivity index (χ2n) is 5.03. The number of rotatable bonds is 4. The fraction of sp³-hybridized carbons (Fsp3) is 0.571. The largest absolute Gasteiger partial charge is 0.294 e. The zero-order valence-corrected chi connectivity index (χ0v) is 12.8. The van der Waals surface area contributed by atoms with E-state index in [0.29, 0.717) is 6.04 Å². The van der Waals surface area contributed by atoms with Crippen molar-refractivity contribution in [2.45, 2.75) is 38.6 Å². The summed E-state index contributed by atoms with van der Waals surface area (Å²) in [5.41, 5.74) is 1.24. The van der Waals surface area contributed by atoms with Gasteiger partial charge in [0.1, 0.15) is 5.01 Å². The predicted molar refractivity (Wildman–Crippen MR) is 80.8 cm³/mol. The SMILES string of the molecule is Cc1nc(CCN2CCCCC2c2nccs2)cs1. The Morgan fingerprint density at radius 1 is 1.37 bits per heavy atom. The van der Waals surface area contributed by atoms with Crippen molar-refractivity contribution in [2.24, 2.45) is 0 Å². The molecule has 0 bridgehead atoms. The summed E-state index contributed by atoms with van der Waals surface area (Å²) in [6, 6.07) is 0.536. The molecular weight excluding hydrogens is 274 g/mol. The third-order valence-electron chi connectivity index (χ3n) is 3.67. The molecule has 102 valence electrons. The number of hydrogen-bond acceptors (Lipinski definition) is 5. The van der Waals surface area contributed by atoms with Gasteiger partial charge in [0.15, 0.2) is 0 Å². The molecular formula is C14H19N3S2. The molecule has 0 saturated carbocycles. The molecule has 0 aromatic carbocycles. The van der Waals surface area contributed by atoms with Crippen molar-refractivity contribution in [1.29, 1.82) is 0 Å². The lowest BCUT2D eigenvalue weighted by molar-refractivity contribution is 0.150. The molecule has 1 saturated heterocycles. The highest BCUT2D eigenvalue weighted by atomic mass is 32.1. The highest BCUT2D eigenvalue weighted by Gasteiger charge is 2.25. The molecule has 2 aromatic heterocycles. The minimum absolute atomic E-state index is 0.536. The lowest BCUT2D eigenvalue weighted by Crippen LogP contribution is -2.35. The molecule has 1 fully saturated rings. The second kappa shape index (κ2) is 6.11. The van der Waals surface area contributed by atoms with Gasteiger partial charge in [0.25, 0.3) is 0 Å². The summed E-state index contributed by atoms with van der Waals surface area (Å²) < 4.78 is 0. The molecule has 0 N–H and O–H groups in total. The van der Waals surface area contributed by atoms with E-state index in [2.05, 4.69) is 32.6 Å². The van der Waals surface area contributed by atoms with E-state index in [4.69, 9.17) is 0 Å². The van der Waals surface area contributed by atoms with Gasteiger partial charge < -0.3 is 0 Å². The van der Waals surface area contributed by atoms with E-state index >= 15 is 0 Å². The van der Waals surface area contributed by atoms with E-state index in [9.17, 15) is 0 Å². The van der Waals surface area contributed by atoms with Gasteiger partial charge in [-0.05, 0) is 26.3 Å². The molecule has 0 amide bonds. The van der Waals surface area contributed by atoms with Crippen LogP contribution < -0.4 is 0 Å². The van der Waals surface area contributed by atoms with E-state index in [1.165, 1.54) is 41.5 Å². The molecule has 1 unspecified atom stereocenters. The van der Waals surface area contributed by atoms with E-state index < -0.39 is 0 Å². The Morgan fingerprint density at radius 3 is 3.05 bits per heavy atom. The highest BCUT2D eigenvalue weighted by molar-refractivity contribution is 7.09. The van der Waals surface area contributed by atoms with Crippen LogP contribution in [0.5, 0.6) is 0 Å². The van der Waals surface area contributed by atoms with Crippen molar-refractivity contribution in [1.82, 2.24) is 14.9 Å². The van der Waals surface area contributed by atoms with Crippen LogP contribution in [0.15, 0.2) is 17.0 Å². The first-order valence-electron chi connectivity index (χ1n) is 6.87. The highest BCUT2D eigenvalue weighted by Crippen LogP contribution is 2.31. The van der Waals surface area contributed by atoms with Crippen molar-refractivity contribution >= 4 is 22.7 Å². The Bertz CT molecular complexity index is 507. The number of hydrogen-bond donors (Lipinski definition) is 0. The molecule has 2 aromatic rings. The van der Waals surface area contributed by atoms with Crippen LogP contribution in [0.2, 0.25) is 0 Å². The maximum atomic E-state index is 4.56. The van der Waals surface area contributed by atoms with Crippen molar-refractivity contribution in [3.05, 3.63) is 32.7 Å². The third-order valence-corrected chi connectivity index (χ3v) is 5.37. The van der Waals surface area contributed by atoms with Gasteiger partial charge in [-0.25, -0.2) is 9.97 Å². The molecule has 1 atom stereocenters. The maximum Gasteiger partial charge on any atom is 0.110 e. The standard InChI is InChI=1S/C14H19N3S2/c1-11-16-12(10-19-11)5-8-17-7-3-2-4-13(17)14-15-6-9-18-14/h6,9-10,13H,2-5,7-8H2,1H3. The summed E-state index contributed by atoms with van der Waals surface area (Å²) in [5, 5.41) is 6.74. The molecule has 0 spiro atoms. The Labute approximate surface area is 122 Å². The Balaban J connectivity index is 1.64. The van der Waals surface area contributed by atoms with E-state index in [1.807, 2.05) is 6.20 Å². The predicted octanol–water partition coefficient (Wildman–Crippen LogP) is 3.68. The molecule has 5 heteroatoms. The van der Waals surface area contributed by atoms with Crippen molar-refractivity contribution in [2.75, 3.05) is 13.1 Å². The average Bonchev–Trinajstić information content (AvgIpc) is 3.08. The van der Waals surface area contributed by atoms with Crippen molar-refractivity contribution in [3.63, 3.8) is 0 Å². The van der Waals surface area contributed by atoms with Gasteiger partial charge in [-0.1, -0.05) is 6.42 Å². The van der Waals surface area contributed by atoms with Crippen LogP contribution in [0.25, 0.3) is 0 Å². The van der Waals surface area contributed by atoms with Gasteiger partial charge in [-0.2, -0.15) is 0 Å². The Morgan fingerprint density at radius 2 is 2.32 bits per heavy atom. The fourth-order valence-corrected chi connectivity index (χ4v) is 4.17. The van der Waals surface area contributed by atoms with E-state index in [1.54, 1.807) is 22.7 Å². The van der Waals surface area contributed by atoms with Gasteiger partial charge >= 0.3 is 0 Å². The minimum atomic E-state index is 0.536. The Kier molecular flexibility index (Phi) is 4.25. The Hall–Kier alpha value is -0.780. The van der Waals surface area contributed by atoms with Gasteiger partial charge in [0, 0.05) is 29.9 Å².